The van der Waals surface area contributed by atoms with Gasteiger partial charge in [-0.2, -0.15) is 0 Å². The average Bonchev–Trinajstić information content (AvgIpc) is 2.37. The Balaban J connectivity index is 2.79. The second kappa shape index (κ2) is 5.32. The number of amides is 2. The lowest BCUT2D eigenvalue weighted by Crippen LogP contribution is -2.54. The van der Waals surface area contributed by atoms with Crippen molar-refractivity contribution in [3.63, 3.8) is 0 Å². The highest BCUT2D eigenvalue weighted by atomic mass is 16.2. The van der Waals surface area contributed by atoms with Crippen molar-refractivity contribution in [2.24, 2.45) is 0 Å². The van der Waals surface area contributed by atoms with Gasteiger partial charge >= 0.3 is 0 Å². The summed E-state index contributed by atoms with van der Waals surface area (Å²) in [6.45, 7) is 7.17. The predicted molar refractivity (Wildman–Crippen MR) is 62.9 cm³/mol. The van der Waals surface area contributed by atoms with E-state index in [2.05, 4.69) is 12.2 Å². The van der Waals surface area contributed by atoms with Crippen LogP contribution < -0.4 is 5.32 Å². The van der Waals surface area contributed by atoms with E-state index in [1.807, 2.05) is 18.7 Å². The van der Waals surface area contributed by atoms with Crippen LogP contribution in [0.1, 0.15) is 46.5 Å². The van der Waals surface area contributed by atoms with E-state index >= 15 is 0 Å². The molecule has 0 aliphatic carbocycles. The molecule has 1 N–H and O–H groups in total. The average molecular weight is 226 g/mol. The Morgan fingerprint density at radius 1 is 1.38 bits per heavy atom. The van der Waals surface area contributed by atoms with E-state index in [0.29, 0.717) is 19.4 Å². The van der Waals surface area contributed by atoms with E-state index in [9.17, 15) is 9.59 Å². The van der Waals surface area contributed by atoms with Gasteiger partial charge in [0, 0.05) is 19.5 Å². The van der Waals surface area contributed by atoms with Gasteiger partial charge in [-0.15, -0.1) is 0 Å². The summed E-state index contributed by atoms with van der Waals surface area (Å²) in [6, 6.07) is 0. The summed E-state index contributed by atoms with van der Waals surface area (Å²) in [5.41, 5.74) is -0.707. The summed E-state index contributed by atoms with van der Waals surface area (Å²) in [4.78, 5) is 25.6. The normalized spacial score (nSPS) is 26.6. The first-order chi connectivity index (χ1) is 7.53. The minimum atomic E-state index is -0.707. The van der Waals surface area contributed by atoms with Gasteiger partial charge in [-0.25, -0.2) is 0 Å². The molecule has 0 saturated carbocycles. The third-order valence-corrected chi connectivity index (χ3v) is 3.27. The Morgan fingerprint density at radius 3 is 2.62 bits per heavy atom. The van der Waals surface area contributed by atoms with Crippen molar-refractivity contribution in [3.8, 4) is 0 Å². The second-order valence-corrected chi connectivity index (χ2v) is 4.63. The lowest BCUT2D eigenvalue weighted by molar-refractivity contribution is -0.138. The van der Waals surface area contributed by atoms with Gasteiger partial charge in [0.1, 0.15) is 5.54 Å². The Morgan fingerprint density at radius 2 is 2.06 bits per heavy atom. The summed E-state index contributed by atoms with van der Waals surface area (Å²) in [5, 5.41) is 2.83. The SMILES string of the molecule is CCCCN1CCC(=O)NC(C)(CC)C1=O. The Bertz CT molecular complexity index is 278. The molecule has 92 valence electrons. The molecular formula is C12H22N2O2. The lowest BCUT2D eigenvalue weighted by Gasteiger charge is -2.31. The molecular weight excluding hydrogens is 204 g/mol. The van der Waals surface area contributed by atoms with Crippen LogP contribution in [-0.2, 0) is 9.59 Å². The fraction of sp³-hybridized carbons (Fsp3) is 0.833. The summed E-state index contributed by atoms with van der Waals surface area (Å²) >= 11 is 0. The lowest BCUT2D eigenvalue weighted by atomic mass is 9.97. The zero-order valence-corrected chi connectivity index (χ0v) is 10.5. The Hall–Kier alpha value is -1.06. The number of carbonyl (C=O) groups is 2. The van der Waals surface area contributed by atoms with Crippen molar-refractivity contribution in [1.82, 2.24) is 10.2 Å². The van der Waals surface area contributed by atoms with Crippen LogP contribution in [0.25, 0.3) is 0 Å². The second-order valence-electron chi connectivity index (χ2n) is 4.63. The molecule has 0 bridgehead atoms. The molecule has 0 radical (unpaired) electrons. The Kier molecular flexibility index (Phi) is 4.33. The van der Waals surface area contributed by atoms with Gasteiger partial charge < -0.3 is 10.2 Å². The van der Waals surface area contributed by atoms with Crippen molar-refractivity contribution < 1.29 is 9.59 Å². The molecule has 0 aromatic rings. The number of hydrogen-bond donors (Lipinski definition) is 1. The van der Waals surface area contributed by atoms with Crippen molar-refractivity contribution >= 4 is 11.8 Å². The maximum absolute atomic E-state index is 12.3. The molecule has 4 nitrogen and oxygen atoms in total. The smallest absolute Gasteiger partial charge is 0.248 e. The number of nitrogens with zero attached hydrogens (tertiary/aromatic N) is 1. The van der Waals surface area contributed by atoms with Crippen LogP contribution >= 0.6 is 0 Å². The minimum absolute atomic E-state index is 0.0169. The van der Waals surface area contributed by atoms with Gasteiger partial charge in [-0.05, 0) is 19.8 Å². The van der Waals surface area contributed by atoms with Crippen LogP contribution in [0.15, 0.2) is 0 Å². The quantitative estimate of drug-likeness (QED) is 0.785. The third-order valence-electron chi connectivity index (χ3n) is 3.27. The van der Waals surface area contributed by atoms with Gasteiger partial charge in [0.05, 0.1) is 0 Å². The molecule has 1 rings (SSSR count). The van der Waals surface area contributed by atoms with Crippen LogP contribution in [0.3, 0.4) is 0 Å². The zero-order valence-electron chi connectivity index (χ0n) is 10.5. The molecule has 0 aromatic carbocycles. The highest BCUT2D eigenvalue weighted by molar-refractivity contribution is 5.93. The molecule has 1 saturated heterocycles. The van der Waals surface area contributed by atoms with Crippen molar-refractivity contribution in [2.75, 3.05) is 13.1 Å². The predicted octanol–water partition coefficient (Wildman–Crippen LogP) is 1.30. The molecule has 4 heteroatoms. The van der Waals surface area contributed by atoms with Gasteiger partial charge in [-0.1, -0.05) is 20.3 Å². The molecule has 0 spiro atoms. The maximum atomic E-state index is 12.3. The van der Waals surface area contributed by atoms with Gasteiger partial charge in [0.15, 0.2) is 0 Å². The van der Waals surface area contributed by atoms with Crippen molar-refractivity contribution in [3.05, 3.63) is 0 Å². The molecule has 16 heavy (non-hydrogen) atoms. The standard InChI is InChI=1S/C12H22N2O2/c1-4-6-8-14-9-7-10(15)13-12(3,5-2)11(14)16/h4-9H2,1-3H3,(H,13,15). The van der Waals surface area contributed by atoms with Crippen LogP contribution in [-0.4, -0.2) is 35.3 Å². The summed E-state index contributed by atoms with van der Waals surface area (Å²) in [6.07, 6.45) is 3.12. The van der Waals surface area contributed by atoms with Crippen molar-refractivity contribution in [2.45, 2.75) is 52.0 Å². The summed E-state index contributed by atoms with van der Waals surface area (Å²) < 4.78 is 0. The third kappa shape index (κ3) is 2.74. The van der Waals surface area contributed by atoms with E-state index in [4.69, 9.17) is 0 Å². The highest BCUT2D eigenvalue weighted by Crippen LogP contribution is 2.17. The van der Waals surface area contributed by atoms with Crippen LogP contribution in [0.2, 0.25) is 0 Å². The van der Waals surface area contributed by atoms with Crippen LogP contribution in [0, 0.1) is 0 Å². The zero-order chi connectivity index (χ0) is 12.2. The van der Waals surface area contributed by atoms with E-state index in [-0.39, 0.29) is 11.8 Å². The number of nitrogens with one attached hydrogen (secondary N) is 1. The molecule has 1 heterocycles. The first-order valence-electron chi connectivity index (χ1n) is 6.14. The maximum Gasteiger partial charge on any atom is 0.248 e. The number of carbonyl (C=O) groups excluding carboxylic acids is 2. The molecule has 1 atom stereocenters. The molecule has 0 aromatic heterocycles. The largest absolute Gasteiger partial charge is 0.342 e. The van der Waals surface area contributed by atoms with Gasteiger partial charge in [0.25, 0.3) is 0 Å². The van der Waals surface area contributed by atoms with Crippen LogP contribution in [0.4, 0.5) is 0 Å². The van der Waals surface area contributed by atoms with E-state index in [1.165, 1.54) is 0 Å². The fourth-order valence-corrected chi connectivity index (χ4v) is 1.91. The van der Waals surface area contributed by atoms with Gasteiger partial charge in [0.2, 0.25) is 11.8 Å². The first-order valence-corrected chi connectivity index (χ1v) is 6.14. The number of rotatable bonds is 4. The van der Waals surface area contributed by atoms with E-state index < -0.39 is 5.54 Å². The highest BCUT2D eigenvalue weighted by Gasteiger charge is 2.38. The monoisotopic (exact) mass is 226 g/mol. The van der Waals surface area contributed by atoms with E-state index in [1.54, 1.807) is 0 Å². The molecule has 2 amide bonds. The fourth-order valence-electron chi connectivity index (χ4n) is 1.91. The Labute approximate surface area is 97.4 Å². The van der Waals surface area contributed by atoms with Crippen molar-refractivity contribution in [1.29, 1.82) is 0 Å². The summed E-state index contributed by atoms with van der Waals surface area (Å²) in [7, 11) is 0. The molecule has 1 unspecified atom stereocenters. The van der Waals surface area contributed by atoms with Gasteiger partial charge in [-0.3, -0.25) is 9.59 Å². The molecule has 1 aliphatic heterocycles. The molecule has 1 fully saturated rings. The topological polar surface area (TPSA) is 49.4 Å². The summed E-state index contributed by atoms with van der Waals surface area (Å²) in [5.74, 6) is 0.0472. The number of unbranched alkanes of at least 4 members (excludes halogenated alkanes) is 1. The first kappa shape index (κ1) is 13.0. The number of hydrogen-bond acceptors (Lipinski definition) is 2. The van der Waals surface area contributed by atoms with Crippen LogP contribution in [0.5, 0.6) is 0 Å². The molecule has 1 aliphatic rings. The van der Waals surface area contributed by atoms with E-state index in [0.717, 1.165) is 19.4 Å². The minimum Gasteiger partial charge on any atom is -0.342 e.